The molecule has 24 heavy (non-hydrogen) atoms. The quantitative estimate of drug-likeness (QED) is 0.446. The number of carbonyl (C=O) groups excluding carboxylic acids is 1. The zero-order valence-electron chi connectivity index (χ0n) is 12.8. The molecule has 120 valence electrons. The van der Waals surface area contributed by atoms with Crippen LogP contribution in [0.25, 0.3) is 0 Å². The summed E-state index contributed by atoms with van der Waals surface area (Å²) in [7, 11) is 0. The van der Waals surface area contributed by atoms with E-state index >= 15 is 0 Å². The van der Waals surface area contributed by atoms with Gasteiger partial charge in [-0.2, -0.15) is 0 Å². The van der Waals surface area contributed by atoms with Gasteiger partial charge in [-0.3, -0.25) is 0 Å². The molecule has 0 amide bonds. The third kappa shape index (κ3) is 4.46. The third-order valence-electron chi connectivity index (χ3n) is 3.34. The molecular weight excluding hydrogens is 368 g/mol. The Kier molecular flexibility index (Phi) is 5.29. The zero-order valence-corrected chi connectivity index (χ0v) is 14.4. The maximum absolute atomic E-state index is 12.1. The average molecular weight is 383 g/mol. The molecule has 0 aliphatic carbocycles. The van der Waals surface area contributed by atoms with Gasteiger partial charge in [-0.25, -0.2) is 4.79 Å². The van der Waals surface area contributed by atoms with Crippen molar-refractivity contribution in [1.29, 1.82) is 0 Å². The van der Waals surface area contributed by atoms with Crippen molar-refractivity contribution in [1.82, 2.24) is 0 Å². The van der Waals surface area contributed by atoms with Crippen molar-refractivity contribution in [2.45, 2.75) is 6.61 Å². The Morgan fingerprint density at radius 2 is 1.54 bits per heavy atom. The topological polar surface area (TPSA) is 35.5 Å². The second-order valence-corrected chi connectivity index (χ2v) is 6.06. The fraction of sp³-hybridized carbons (Fsp3) is 0.0500. The van der Waals surface area contributed by atoms with Crippen LogP contribution in [-0.2, 0) is 6.61 Å². The lowest BCUT2D eigenvalue weighted by Gasteiger charge is -2.08. The largest absolute Gasteiger partial charge is 0.489 e. The van der Waals surface area contributed by atoms with Crippen molar-refractivity contribution < 1.29 is 14.3 Å². The van der Waals surface area contributed by atoms with Crippen LogP contribution in [0.5, 0.6) is 11.5 Å². The molecule has 0 spiro atoms. The molecule has 0 aliphatic rings. The van der Waals surface area contributed by atoms with E-state index < -0.39 is 5.97 Å². The highest BCUT2D eigenvalue weighted by Gasteiger charge is 2.09. The SMILES string of the molecule is O=C(Oc1ccc(OCc2ccccc2)cc1)c1cccc(Br)c1. The van der Waals surface area contributed by atoms with Gasteiger partial charge >= 0.3 is 5.97 Å². The Bertz CT molecular complexity index is 814. The Morgan fingerprint density at radius 3 is 2.25 bits per heavy atom. The van der Waals surface area contributed by atoms with E-state index in [1.165, 1.54) is 0 Å². The summed E-state index contributed by atoms with van der Waals surface area (Å²) in [4.78, 5) is 12.1. The third-order valence-corrected chi connectivity index (χ3v) is 3.84. The smallest absolute Gasteiger partial charge is 0.343 e. The molecule has 3 aromatic rings. The number of hydrogen-bond acceptors (Lipinski definition) is 3. The van der Waals surface area contributed by atoms with Crippen molar-refractivity contribution in [3.8, 4) is 11.5 Å². The van der Waals surface area contributed by atoms with E-state index in [1.807, 2.05) is 36.4 Å². The highest BCUT2D eigenvalue weighted by molar-refractivity contribution is 9.10. The molecule has 0 fully saturated rings. The Hall–Kier alpha value is -2.59. The van der Waals surface area contributed by atoms with Gasteiger partial charge in [0.05, 0.1) is 5.56 Å². The molecule has 3 nitrogen and oxygen atoms in total. The van der Waals surface area contributed by atoms with Crippen LogP contribution in [0.2, 0.25) is 0 Å². The standard InChI is InChI=1S/C20H15BrO3/c21-17-8-4-7-16(13-17)20(22)24-19-11-9-18(10-12-19)23-14-15-5-2-1-3-6-15/h1-13H,14H2. The summed E-state index contributed by atoms with van der Waals surface area (Å²) in [6.45, 7) is 0.498. The normalized spacial score (nSPS) is 10.2. The summed E-state index contributed by atoms with van der Waals surface area (Å²) in [6.07, 6.45) is 0. The van der Waals surface area contributed by atoms with Gasteiger partial charge in [0.25, 0.3) is 0 Å². The van der Waals surface area contributed by atoms with Crippen molar-refractivity contribution >= 4 is 21.9 Å². The first-order chi connectivity index (χ1) is 11.7. The zero-order chi connectivity index (χ0) is 16.8. The monoisotopic (exact) mass is 382 g/mol. The summed E-state index contributed by atoms with van der Waals surface area (Å²) in [5.41, 5.74) is 1.59. The molecule has 0 aromatic heterocycles. The van der Waals surface area contributed by atoms with Gasteiger partial charge < -0.3 is 9.47 Å². The van der Waals surface area contributed by atoms with Crippen LogP contribution >= 0.6 is 15.9 Å². The maximum atomic E-state index is 12.1. The molecule has 3 rings (SSSR count). The number of carbonyl (C=O) groups is 1. The van der Waals surface area contributed by atoms with Gasteiger partial charge in [0.15, 0.2) is 0 Å². The van der Waals surface area contributed by atoms with Crippen molar-refractivity contribution in [2.24, 2.45) is 0 Å². The van der Waals surface area contributed by atoms with Crippen molar-refractivity contribution in [2.75, 3.05) is 0 Å². The van der Waals surface area contributed by atoms with Gasteiger partial charge in [-0.15, -0.1) is 0 Å². The van der Waals surface area contributed by atoms with E-state index in [0.717, 1.165) is 15.8 Å². The lowest BCUT2D eigenvalue weighted by molar-refractivity contribution is 0.0734. The predicted molar refractivity (Wildman–Crippen MR) is 96.3 cm³/mol. The summed E-state index contributed by atoms with van der Waals surface area (Å²) < 4.78 is 11.9. The van der Waals surface area contributed by atoms with Gasteiger partial charge in [0.2, 0.25) is 0 Å². The molecule has 0 heterocycles. The van der Waals surface area contributed by atoms with E-state index in [0.29, 0.717) is 17.9 Å². The summed E-state index contributed by atoms with van der Waals surface area (Å²) in [5, 5.41) is 0. The van der Waals surface area contributed by atoms with Crippen LogP contribution in [0, 0.1) is 0 Å². The Labute approximate surface area is 149 Å². The highest BCUT2D eigenvalue weighted by Crippen LogP contribution is 2.20. The minimum Gasteiger partial charge on any atom is -0.489 e. The van der Waals surface area contributed by atoms with E-state index in [9.17, 15) is 4.79 Å². The molecule has 3 aromatic carbocycles. The minimum atomic E-state index is -0.394. The van der Waals surface area contributed by atoms with Crippen LogP contribution in [0.15, 0.2) is 83.3 Å². The van der Waals surface area contributed by atoms with Crippen LogP contribution in [0.4, 0.5) is 0 Å². The molecule has 0 atom stereocenters. The van der Waals surface area contributed by atoms with Crippen LogP contribution in [0.3, 0.4) is 0 Å². The van der Waals surface area contributed by atoms with E-state index in [4.69, 9.17) is 9.47 Å². The second kappa shape index (κ2) is 7.79. The van der Waals surface area contributed by atoms with Gasteiger partial charge in [0, 0.05) is 4.47 Å². The van der Waals surface area contributed by atoms with Crippen LogP contribution in [-0.4, -0.2) is 5.97 Å². The number of benzene rings is 3. The molecule has 0 N–H and O–H groups in total. The highest BCUT2D eigenvalue weighted by atomic mass is 79.9. The number of rotatable bonds is 5. The second-order valence-electron chi connectivity index (χ2n) is 5.15. The molecule has 0 unspecified atom stereocenters. The number of esters is 1. The first-order valence-corrected chi connectivity index (χ1v) is 8.24. The minimum absolute atomic E-state index is 0.394. The van der Waals surface area contributed by atoms with Crippen molar-refractivity contribution in [3.05, 3.63) is 94.5 Å². The molecule has 0 saturated heterocycles. The summed E-state index contributed by atoms with van der Waals surface area (Å²) in [5.74, 6) is 0.808. The summed E-state index contributed by atoms with van der Waals surface area (Å²) >= 11 is 3.34. The summed E-state index contributed by atoms with van der Waals surface area (Å²) in [6, 6.07) is 24.0. The number of ether oxygens (including phenoxy) is 2. The lowest BCUT2D eigenvalue weighted by atomic mass is 10.2. The maximum Gasteiger partial charge on any atom is 0.343 e. The first-order valence-electron chi connectivity index (χ1n) is 7.45. The number of halogens is 1. The van der Waals surface area contributed by atoms with E-state index in [2.05, 4.69) is 15.9 Å². The van der Waals surface area contributed by atoms with E-state index in [-0.39, 0.29) is 0 Å². The molecule has 0 aliphatic heterocycles. The van der Waals surface area contributed by atoms with E-state index in [1.54, 1.807) is 42.5 Å². The van der Waals surface area contributed by atoms with Gasteiger partial charge in [-0.05, 0) is 48.0 Å². The Balaban J connectivity index is 1.59. The molecular formula is C20H15BrO3. The van der Waals surface area contributed by atoms with Crippen LogP contribution in [0.1, 0.15) is 15.9 Å². The lowest BCUT2D eigenvalue weighted by Crippen LogP contribution is -2.08. The fourth-order valence-electron chi connectivity index (χ4n) is 2.13. The fourth-order valence-corrected chi connectivity index (χ4v) is 2.53. The van der Waals surface area contributed by atoms with Crippen LogP contribution < -0.4 is 9.47 Å². The van der Waals surface area contributed by atoms with Gasteiger partial charge in [0.1, 0.15) is 18.1 Å². The molecule has 0 radical (unpaired) electrons. The first kappa shape index (κ1) is 16.3. The average Bonchev–Trinajstić information content (AvgIpc) is 2.62. The molecule has 0 bridgehead atoms. The molecule has 0 saturated carbocycles. The van der Waals surface area contributed by atoms with Crippen molar-refractivity contribution in [3.63, 3.8) is 0 Å². The van der Waals surface area contributed by atoms with Gasteiger partial charge in [-0.1, -0.05) is 52.3 Å². The number of hydrogen-bond donors (Lipinski definition) is 0. The Morgan fingerprint density at radius 1 is 0.833 bits per heavy atom. The molecule has 4 heteroatoms. The predicted octanol–water partition coefficient (Wildman–Crippen LogP) is 5.25.